The quantitative estimate of drug-likeness (QED) is 0.394. The number of carbonyl (C=O) groups excluding carboxylic acids is 1. The number of rotatable bonds is 7. The molecule has 0 radical (unpaired) electrons. The molecule has 10 heteroatoms. The Hall–Kier alpha value is -3.37. The minimum absolute atomic E-state index is 0.0228. The van der Waals surface area contributed by atoms with Crippen LogP contribution in [0.3, 0.4) is 0 Å². The van der Waals surface area contributed by atoms with Crippen LogP contribution in [0.1, 0.15) is 40.7 Å². The second-order valence-electron chi connectivity index (χ2n) is 8.21. The molecule has 2 aromatic carbocycles. The zero-order valence-electron chi connectivity index (χ0n) is 18.9. The molecule has 0 unspecified atom stereocenters. The molecule has 0 aliphatic carbocycles. The van der Waals surface area contributed by atoms with Crippen LogP contribution in [-0.4, -0.2) is 51.6 Å². The number of carboxylic acid groups (broad SMARTS) is 1. The van der Waals surface area contributed by atoms with E-state index in [0.717, 1.165) is 42.1 Å². The number of carboxylic acids is 1. The number of thiocarbonyl (C=S) groups is 1. The molecule has 0 atom stereocenters. The number of thiazole rings is 1. The molecule has 2 heterocycles. The summed E-state index contributed by atoms with van der Waals surface area (Å²) in [6.45, 7) is 1.80. The van der Waals surface area contributed by atoms with Crippen LogP contribution in [0.25, 0.3) is 11.1 Å². The minimum Gasteiger partial charge on any atom is -0.481 e. The van der Waals surface area contributed by atoms with Crippen molar-refractivity contribution in [3.05, 3.63) is 70.4 Å². The number of amides is 1. The van der Waals surface area contributed by atoms with Crippen molar-refractivity contribution in [3.63, 3.8) is 0 Å². The van der Waals surface area contributed by atoms with E-state index >= 15 is 0 Å². The summed E-state index contributed by atoms with van der Waals surface area (Å²) < 4.78 is 13.3. The fourth-order valence-electron chi connectivity index (χ4n) is 3.96. The summed E-state index contributed by atoms with van der Waals surface area (Å²) in [5.74, 6) is -1.22. The standard InChI is InChI=1S/C25H25FN4O3S2/c26-18-7-5-16(6-8-18)19-3-1-2-4-20(19)28-23(33)21-15-35-24(29-21)17-10-13-30(14-11-17)25(34)27-12-9-22(31)32/h1-8,15,17H,9-14H2,(H,27,34)(H,28,33)(H,31,32). The summed E-state index contributed by atoms with van der Waals surface area (Å²) in [6, 6.07) is 13.5. The number of hydrogen-bond acceptors (Lipinski definition) is 5. The average Bonchev–Trinajstić information content (AvgIpc) is 3.35. The van der Waals surface area contributed by atoms with Crippen molar-refractivity contribution in [1.82, 2.24) is 15.2 Å². The summed E-state index contributed by atoms with van der Waals surface area (Å²) in [6.07, 6.45) is 1.72. The van der Waals surface area contributed by atoms with Gasteiger partial charge >= 0.3 is 5.97 Å². The van der Waals surface area contributed by atoms with Crippen LogP contribution in [-0.2, 0) is 4.79 Å². The molecule has 1 aliphatic rings. The maximum absolute atomic E-state index is 13.3. The van der Waals surface area contributed by atoms with Gasteiger partial charge < -0.3 is 20.6 Å². The molecule has 0 saturated carbocycles. The van der Waals surface area contributed by atoms with Crippen molar-refractivity contribution in [2.45, 2.75) is 25.2 Å². The fourth-order valence-corrected chi connectivity index (χ4v) is 5.21. The van der Waals surface area contributed by atoms with Crippen molar-refractivity contribution in [2.75, 3.05) is 25.0 Å². The van der Waals surface area contributed by atoms with Crippen LogP contribution in [0.15, 0.2) is 53.9 Å². The molecule has 35 heavy (non-hydrogen) atoms. The summed E-state index contributed by atoms with van der Waals surface area (Å²) in [5, 5.41) is 18.0. The van der Waals surface area contributed by atoms with Crippen molar-refractivity contribution < 1.29 is 19.1 Å². The molecule has 1 fully saturated rings. The Kier molecular flexibility index (Phi) is 8.04. The van der Waals surface area contributed by atoms with Gasteiger partial charge in [-0.25, -0.2) is 9.37 Å². The van der Waals surface area contributed by atoms with Gasteiger partial charge in [0.2, 0.25) is 0 Å². The highest BCUT2D eigenvalue weighted by atomic mass is 32.1. The Morgan fingerprint density at radius 3 is 2.57 bits per heavy atom. The zero-order chi connectivity index (χ0) is 24.8. The summed E-state index contributed by atoms with van der Waals surface area (Å²) in [5.41, 5.74) is 2.61. The second kappa shape index (κ2) is 11.4. The monoisotopic (exact) mass is 512 g/mol. The van der Waals surface area contributed by atoms with Crippen molar-refractivity contribution in [2.24, 2.45) is 0 Å². The highest BCUT2D eigenvalue weighted by Crippen LogP contribution is 2.32. The van der Waals surface area contributed by atoms with Crippen molar-refractivity contribution in [1.29, 1.82) is 0 Å². The number of nitrogens with one attached hydrogen (secondary N) is 2. The van der Waals surface area contributed by atoms with Gasteiger partial charge in [0.25, 0.3) is 5.91 Å². The van der Waals surface area contributed by atoms with E-state index in [-0.39, 0.29) is 24.1 Å². The van der Waals surface area contributed by atoms with Gasteiger partial charge in [-0.3, -0.25) is 9.59 Å². The number of para-hydroxylation sites is 1. The number of anilines is 1. The predicted molar refractivity (Wildman–Crippen MR) is 138 cm³/mol. The molecule has 3 N–H and O–H groups in total. The van der Waals surface area contributed by atoms with E-state index < -0.39 is 5.97 Å². The minimum atomic E-state index is -0.860. The average molecular weight is 513 g/mol. The zero-order valence-corrected chi connectivity index (χ0v) is 20.5. The SMILES string of the molecule is O=C(O)CCNC(=S)N1CCC(c2nc(C(=O)Nc3ccccc3-c3ccc(F)cc3)cs2)CC1. The lowest BCUT2D eigenvalue weighted by Crippen LogP contribution is -2.44. The van der Waals surface area contributed by atoms with Crippen LogP contribution in [0.2, 0.25) is 0 Å². The normalized spacial score (nSPS) is 13.9. The van der Waals surface area contributed by atoms with Crippen LogP contribution in [0.5, 0.6) is 0 Å². The van der Waals surface area contributed by atoms with E-state index in [0.29, 0.717) is 23.0 Å². The topological polar surface area (TPSA) is 94.6 Å². The molecule has 1 aromatic heterocycles. The molecule has 1 saturated heterocycles. The lowest BCUT2D eigenvalue weighted by Gasteiger charge is -2.33. The van der Waals surface area contributed by atoms with E-state index in [4.69, 9.17) is 17.3 Å². The Morgan fingerprint density at radius 2 is 1.86 bits per heavy atom. The van der Waals surface area contributed by atoms with Crippen LogP contribution >= 0.6 is 23.6 Å². The molecule has 3 aromatic rings. The first-order chi connectivity index (χ1) is 16.9. The Morgan fingerprint density at radius 1 is 1.14 bits per heavy atom. The summed E-state index contributed by atoms with van der Waals surface area (Å²) in [7, 11) is 0. The molecule has 7 nitrogen and oxygen atoms in total. The van der Waals surface area contributed by atoms with Crippen molar-refractivity contribution >= 4 is 46.2 Å². The Labute approximate surface area is 212 Å². The predicted octanol–water partition coefficient (Wildman–Crippen LogP) is 4.73. The van der Waals surface area contributed by atoms with E-state index in [1.165, 1.54) is 23.5 Å². The smallest absolute Gasteiger partial charge is 0.305 e. The van der Waals surface area contributed by atoms with Gasteiger partial charge in [-0.2, -0.15) is 0 Å². The number of halogens is 1. The van der Waals surface area contributed by atoms with E-state index in [9.17, 15) is 14.0 Å². The number of aromatic nitrogens is 1. The van der Waals surface area contributed by atoms with Crippen LogP contribution in [0.4, 0.5) is 10.1 Å². The number of likely N-dealkylation sites (tertiary alicyclic amines) is 1. The first-order valence-corrected chi connectivity index (χ1v) is 12.6. The number of piperidine rings is 1. The molecule has 1 amide bonds. The molecular formula is C25H25FN4O3S2. The highest BCUT2D eigenvalue weighted by molar-refractivity contribution is 7.80. The van der Waals surface area contributed by atoms with Gasteiger partial charge in [0, 0.05) is 42.2 Å². The van der Waals surface area contributed by atoms with E-state index in [1.807, 2.05) is 29.2 Å². The second-order valence-corrected chi connectivity index (χ2v) is 9.49. The molecule has 0 bridgehead atoms. The van der Waals surface area contributed by atoms with Gasteiger partial charge in [0.05, 0.1) is 11.4 Å². The summed E-state index contributed by atoms with van der Waals surface area (Å²) >= 11 is 6.85. The van der Waals surface area contributed by atoms with Crippen LogP contribution in [0, 0.1) is 5.82 Å². The molecule has 1 aliphatic heterocycles. The third-order valence-corrected chi connectivity index (χ3v) is 7.24. The van der Waals surface area contributed by atoms with E-state index in [2.05, 4.69) is 15.6 Å². The number of carbonyl (C=O) groups is 2. The maximum Gasteiger partial charge on any atom is 0.305 e. The van der Waals surface area contributed by atoms with Gasteiger partial charge in [0.1, 0.15) is 11.5 Å². The maximum atomic E-state index is 13.3. The number of benzene rings is 2. The lowest BCUT2D eigenvalue weighted by molar-refractivity contribution is -0.136. The van der Waals surface area contributed by atoms with Gasteiger partial charge in [-0.15, -0.1) is 11.3 Å². The lowest BCUT2D eigenvalue weighted by atomic mass is 9.98. The summed E-state index contributed by atoms with van der Waals surface area (Å²) in [4.78, 5) is 30.2. The molecule has 4 rings (SSSR count). The number of hydrogen-bond donors (Lipinski definition) is 3. The number of aliphatic carboxylic acids is 1. The van der Waals surface area contributed by atoms with Crippen LogP contribution < -0.4 is 10.6 Å². The third kappa shape index (κ3) is 6.40. The molecule has 182 valence electrons. The first kappa shape index (κ1) is 24.7. The Bertz CT molecular complexity index is 1210. The number of nitrogens with zero attached hydrogens (tertiary/aromatic N) is 2. The highest BCUT2D eigenvalue weighted by Gasteiger charge is 2.25. The van der Waals surface area contributed by atoms with Crippen molar-refractivity contribution in [3.8, 4) is 11.1 Å². The van der Waals surface area contributed by atoms with Gasteiger partial charge in [-0.05, 0) is 48.8 Å². The first-order valence-electron chi connectivity index (χ1n) is 11.3. The Balaban J connectivity index is 1.35. The fraction of sp³-hybridized carbons (Fsp3) is 0.280. The van der Waals surface area contributed by atoms with E-state index in [1.54, 1.807) is 17.5 Å². The largest absolute Gasteiger partial charge is 0.481 e. The molecular weight excluding hydrogens is 487 g/mol. The van der Waals surface area contributed by atoms with Gasteiger partial charge in [-0.1, -0.05) is 30.3 Å². The third-order valence-electron chi connectivity index (χ3n) is 5.83. The molecule has 0 spiro atoms. The van der Waals surface area contributed by atoms with Gasteiger partial charge in [0.15, 0.2) is 5.11 Å².